The number of nitriles is 1. The molecule has 33 heavy (non-hydrogen) atoms. The molecule has 1 aliphatic rings. The second-order valence-electron chi connectivity index (χ2n) is 7.20. The zero-order valence-corrected chi connectivity index (χ0v) is 16.8. The molecule has 1 amide bonds. The van der Waals surface area contributed by atoms with E-state index in [2.05, 4.69) is 4.99 Å². The Morgan fingerprint density at radius 3 is 2.06 bits per heavy atom. The van der Waals surface area contributed by atoms with Crippen molar-refractivity contribution < 1.29 is 35.5 Å². The molecule has 0 aromatic heterocycles. The van der Waals surface area contributed by atoms with Gasteiger partial charge < -0.3 is 10.2 Å². The Morgan fingerprint density at radius 1 is 1.06 bits per heavy atom. The molecule has 2 aromatic rings. The SMILES string of the molecule is CN1C(c2ccc(C#N)cc2)=NC(C(F)(F)F)(C(F)(F)F)C1NC(=O)c1ccc(CF)cc1. The Balaban J connectivity index is 2.09. The van der Waals surface area contributed by atoms with Crippen molar-refractivity contribution >= 4 is 11.7 Å². The minimum atomic E-state index is -5.93. The van der Waals surface area contributed by atoms with Crippen LogP contribution in [0.15, 0.2) is 53.5 Å². The number of amidine groups is 1. The molecule has 1 N–H and O–H groups in total. The van der Waals surface area contributed by atoms with Crippen LogP contribution in [0.5, 0.6) is 0 Å². The van der Waals surface area contributed by atoms with E-state index in [0.29, 0.717) is 4.90 Å². The molecule has 2 aromatic carbocycles. The molecule has 0 aliphatic carbocycles. The fourth-order valence-electron chi connectivity index (χ4n) is 3.42. The summed E-state index contributed by atoms with van der Waals surface area (Å²) in [6.07, 6.45) is -14.5. The number of aliphatic imine (C=N–C) groups is 1. The summed E-state index contributed by atoms with van der Waals surface area (Å²) in [6.45, 7) is -0.861. The average molecular weight is 472 g/mol. The molecule has 1 unspecified atom stereocenters. The number of hydrogen-bond donors (Lipinski definition) is 1. The number of hydrogen-bond acceptors (Lipinski definition) is 4. The highest BCUT2D eigenvalue weighted by atomic mass is 19.4. The third-order valence-corrected chi connectivity index (χ3v) is 5.17. The Morgan fingerprint density at radius 2 is 1.61 bits per heavy atom. The normalized spacial score (nSPS) is 18.0. The van der Waals surface area contributed by atoms with E-state index in [1.165, 1.54) is 24.3 Å². The first-order valence-electron chi connectivity index (χ1n) is 9.28. The number of carbonyl (C=O) groups is 1. The van der Waals surface area contributed by atoms with Crippen molar-refractivity contribution in [2.45, 2.75) is 30.7 Å². The van der Waals surface area contributed by atoms with Gasteiger partial charge in [-0.1, -0.05) is 12.1 Å². The van der Waals surface area contributed by atoms with Crippen molar-refractivity contribution in [3.05, 3.63) is 70.8 Å². The van der Waals surface area contributed by atoms with E-state index in [1.807, 2.05) is 0 Å². The third kappa shape index (κ3) is 4.10. The molecule has 12 heteroatoms. The van der Waals surface area contributed by atoms with E-state index in [-0.39, 0.29) is 22.3 Å². The first kappa shape index (κ1) is 24.0. The number of benzene rings is 2. The lowest BCUT2D eigenvalue weighted by atomic mass is 9.94. The number of amides is 1. The lowest BCUT2D eigenvalue weighted by molar-refractivity contribution is -0.304. The van der Waals surface area contributed by atoms with Gasteiger partial charge in [0.25, 0.3) is 11.4 Å². The lowest BCUT2D eigenvalue weighted by Crippen LogP contribution is -2.68. The van der Waals surface area contributed by atoms with E-state index in [1.54, 1.807) is 11.4 Å². The smallest absolute Gasteiger partial charge is 0.336 e. The van der Waals surface area contributed by atoms with Gasteiger partial charge in [-0.05, 0) is 42.0 Å². The van der Waals surface area contributed by atoms with Crippen molar-refractivity contribution in [2.24, 2.45) is 4.99 Å². The second-order valence-corrected chi connectivity index (χ2v) is 7.20. The number of nitrogens with zero attached hydrogens (tertiary/aromatic N) is 3. The van der Waals surface area contributed by atoms with Crippen molar-refractivity contribution in [1.29, 1.82) is 5.26 Å². The van der Waals surface area contributed by atoms with Gasteiger partial charge in [0.2, 0.25) is 0 Å². The second kappa shape index (κ2) is 8.38. The molecule has 5 nitrogen and oxygen atoms in total. The quantitative estimate of drug-likeness (QED) is 0.674. The molecule has 3 rings (SSSR count). The van der Waals surface area contributed by atoms with Gasteiger partial charge in [0.05, 0.1) is 11.6 Å². The monoisotopic (exact) mass is 472 g/mol. The van der Waals surface area contributed by atoms with Crippen LogP contribution in [0.4, 0.5) is 30.7 Å². The highest BCUT2D eigenvalue weighted by molar-refractivity contribution is 6.02. The maximum Gasteiger partial charge on any atom is 0.426 e. The number of halogens is 7. The maximum absolute atomic E-state index is 14.0. The number of carbonyl (C=O) groups excluding carboxylic acids is 1. The van der Waals surface area contributed by atoms with Gasteiger partial charge in [-0.3, -0.25) is 4.79 Å². The molecular formula is C21H15F7N4O. The molecule has 1 heterocycles. The van der Waals surface area contributed by atoms with Crippen LogP contribution >= 0.6 is 0 Å². The summed E-state index contributed by atoms with van der Waals surface area (Å²) >= 11 is 0. The Hall–Kier alpha value is -3.62. The summed E-state index contributed by atoms with van der Waals surface area (Å²) in [5.74, 6) is -1.90. The summed E-state index contributed by atoms with van der Waals surface area (Å²) in [7, 11) is 0.938. The zero-order valence-electron chi connectivity index (χ0n) is 16.8. The highest BCUT2D eigenvalue weighted by Crippen LogP contribution is 2.51. The number of alkyl halides is 7. The molecule has 0 bridgehead atoms. The van der Waals surface area contributed by atoms with Crippen LogP contribution in [0, 0.1) is 11.3 Å². The van der Waals surface area contributed by atoms with Crippen LogP contribution in [-0.2, 0) is 6.67 Å². The number of likely N-dealkylation sites (N-methyl/N-ethyl adjacent to an activating group) is 1. The summed E-state index contributed by atoms with van der Waals surface area (Å²) < 4.78 is 96.7. The summed E-state index contributed by atoms with van der Waals surface area (Å²) in [4.78, 5) is 16.2. The number of nitrogens with one attached hydrogen (secondary N) is 1. The van der Waals surface area contributed by atoms with E-state index in [4.69, 9.17) is 5.26 Å². The van der Waals surface area contributed by atoms with E-state index < -0.39 is 42.5 Å². The van der Waals surface area contributed by atoms with Gasteiger partial charge >= 0.3 is 12.4 Å². The highest BCUT2D eigenvalue weighted by Gasteiger charge is 2.78. The molecular weight excluding hydrogens is 457 g/mol. The van der Waals surface area contributed by atoms with Gasteiger partial charge in [0.15, 0.2) is 0 Å². The zero-order chi connectivity index (χ0) is 24.6. The average Bonchev–Trinajstić information content (AvgIpc) is 3.07. The molecule has 1 aliphatic heterocycles. The van der Waals surface area contributed by atoms with E-state index >= 15 is 0 Å². The van der Waals surface area contributed by atoms with Crippen molar-refractivity contribution in [1.82, 2.24) is 10.2 Å². The third-order valence-electron chi connectivity index (χ3n) is 5.17. The van der Waals surface area contributed by atoms with Crippen LogP contribution in [0.3, 0.4) is 0 Å². The molecule has 1 atom stereocenters. The molecule has 0 radical (unpaired) electrons. The van der Waals surface area contributed by atoms with Gasteiger partial charge in [0, 0.05) is 18.2 Å². The molecule has 0 fully saturated rings. The molecule has 0 saturated heterocycles. The van der Waals surface area contributed by atoms with Crippen LogP contribution in [0.2, 0.25) is 0 Å². The summed E-state index contributed by atoms with van der Waals surface area (Å²) in [5, 5.41) is 10.7. The first-order chi connectivity index (χ1) is 15.4. The fourth-order valence-corrected chi connectivity index (χ4v) is 3.42. The minimum absolute atomic E-state index is 0.113. The van der Waals surface area contributed by atoms with Crippen molar-refractivity contribution in [2.75, 3.05) is 7.05 Å². The standard InChI is InChI=1S/C21H15F7N4O/c1-32-16(14-6-4-13(11-29)5-7-14)31-19(20(23,24)25,21(26,27)28)18(32)30-17(33)15-8-2-12(10-22)3-9-15/h2-9,18H,10H2,1H3,(H,30,33). The molecule has 0 spiro atoms. The lowest BCUT2D eigenvalue weighted by Gasteiger charge is -2.38. The van der Waals surface area contributed by atoms with Gasteiger partial charge in [-0.2, -0.15) is 31.6 Å². The largest absolute Gasteiger partial charge is 0.426 e. The predicted molar refractivity (Wildman–Crippen MR) is 103 cm³/mol. The Kier molecular flexibility index (Phi) is 6.10. The van der Waals surface area contributed by atoms with Gasteiger partial charge in [0.1, 0.15) is 18.7 Å². The van der Waals surface area contributed by atoms with Crippen molar-refractivity contribution in [3.63, 3.8) is 0 Å². The summed E-state index contributed by atoms with van der Waals surface area (Å²) in [6, 6.07) is 11.1. The fraction of sp³-hybridized carbons (Fsp3) is 0.286. The predicted octanol–water partition coefficient (Wildman–Crippen LogP) is 4.34. The first-order valence-corrected chi connectivity index (χ1v) is 9.28. The van der Waals surface area contributed by atoms with Crippen molar-refractivity contribution in [3.8, 4) is 6.07 Å². The van der Waals surface area contributed by atoms with Gasteiger partial charge in [-0.15, -0.1) is 0 Å². The Bertz CT molecular complexity index is 1090. The van der Waals surface area contributed by atoms with E-state index in [9.17, 15) is 35.5 Å². The topological polar surface area (TPSA) is 68.5 Å². The van der Waals surface area contributed by atoms with E-state index in [0.717, 1.165) is 31.3 Å². The minimum Gasteiger partial charge on any atom is -0.336 e. The van der Waals surface area contributed by atoms with Gasteiger partial charge in [-0.25, -0.2) is 9.38 Å². The summed E-state index contributed by atoms with van der Waals surface area (Å²) in [5.41, 5.74) is -4.72. The number of rotatable bonds is 4. The van der Waals surface area contributed by atoms with Crippen LogP contribution in [0.1, 0.15) is 27.0 Å². The van der Waals surface area contributed by atoms with Crippen LogP contribution < -0.4 is 5.32 Å². The maximum atomic E-state index is 14.0. The molecule has 0 saturated carbocycles. The Labute approximate surface area is 183 Å². The van der Waals surface area contributed by atoms with Crippen LogP contribution in [0.25, 0.3) is 0 Å². The van der Waals surface area contributed by atoms with Crippen LogP contribution in [-0.4, -0.2) is 47.7 Å². The molecule has 174 valence electrons.